The van der Waals surface area contributed by atoms with Gasteiger partial charge in [-0.15, -0.1) is 0 Å². The van der Waals surface area contributed by atoms with Crippen molar-refractivity contribution in [3.63, 3.8) is 0 Å². The topological polar surface area (TPSA) is 25.2 Å². The lowest BCUT2D eigenvalue weighted by molar-refractivity contribution is 0.493. The zero-order chi connectivity index (χ0) is 13.8. The number of hydrogen-bond acceptors (Lipinski definition) is 2. The second kappa shape index (κ2) is 6.40. The molecule has 0 saturated carbocycles. The van der Waals surface area contributed by atoms with Crippen molar-refractivity contribution in [3.8, 4) is 11.3 Å². The minimum absolute atomic E-state index is 0.794. The predicted molar refractivity (Wildman–Crippen MR) is 83.3 cm³/mol. The van der Waals surface area contributed by atoms with Gasteiger partial charge in [0.1, 0.15) is 11.5 Å². The van der Waals surface area contributed by atoms with Crippen molar-refractivity contribution in [1.82, 2.24) is 5.32 Å². The Kier molecular flexibility index (Phi) is 4.83. The van der Waals surface area contributed by atoms with E-state index in [0.29, 0.717) is 0 Å². The monoisotopic (exact) mass is 321 g/mol. The van der Waals surface area contributed by atoms with Gasteiger partial charge in [-0.1, -0.05) is 22.9 Å². The Labute approximate surface area is 123 Å². The van der Waals surface area contributed by atoms with E-state index in [1.165, 1.54) is 15.6 Å². The summed E-state index contributed by atoms with van der Waals surface area (Å²) in [5, 5.41) is 3.35. The molecule has 0 amide bonds. The molecular formula is C16H20BrNO. The molecule has 2 rings (SSSR count). The van der Waals surface area contributed by atoms with Crippen LogP contribution in [0.25, 0.3) is 11.3 Å². The fraction of sp³-hybridized carbons (Fsp3) is 0.375. The minimum atomic E-state index is 0.794. The highest BCUT2D eigenvalue weighted by Gasteiger charge is 2.08. The van der Waals surface area contributed by atoms with Crippen molar-refractivity contribution in [2.45, 2.75) is 33.7 Å². The van der Waals surface area contributed by atoms with Crippen LogP contribution in [0.3, 0.4) is 0 Å². The van der Waals surface area contributed by atoms with Crippen LogP contribution in [0.4, 0.5) is 0 Å². The SMILES string of the molecule is CCCNCc1ccc(-c2cc(C)c(Br)c(C)c2)o1. The first-order chi connectivity index (χ1) is 9.11. The molecule has 0 aliphatic rings. The molecule has 0 bridgehead atoms. The molecule has 0 spiro atoms. The lowest BCUT2D eigenvalue weighted by atomic mass is 10.1. The maximum atomic E-state index is 5.89. The lowest BCUT2D eigenvalue weighted by Crippen LogP contribution is -2.12. The summed E-state index contributed by atoms with van der Waals surface area (Å²) >= 11 is 3.59. The summed E-state index contributed by atoms with van der Waals surface area (Å²) in [7, 11) is 0. The van der Waals surface area contributed by atoms with E-state index in [-0.39, 0.29) is 0 Å². The number of furan rings is 1. The van der Waals surface area contributed by atoms with Gasteiger partial charge >= 0.3 is 0 Å². The number of rotatable bonds is 5. The molecule has 19 heavy (non-hydrogen) atoms. The summed E-state index contributed by atoms with van der Waals surface area (Å²) in [6.07, 6.45) is 1.14. The minimum Gasteiger partial charge on any atom is -0.460 e. The third-order valence-corrected chi connectivity index (χ3v) is 4.36. The van der Waals surface area contributed by atoms with Crippen molar-refractivity contribution in [1.29, 1.82) is 0 Å². The fourth-order valence-corrected chi connectivity index (χ4v) is 2.33. The average molecular weight is 322 g/mol. The van der Waals surface area contributed by atoms with Crippen LogP contribution >= 0.6 is 15.9 Å². The third-order valence-electron chi connectivity index (χ3n) is 3.11. The smallest absolute Gasteiger partial charge is 0.134 e. The van der Waals surface area contributed by atoms with Gasteiger partial charge in [0.2, 0.25) is 0 Å². The highest BCUT2D eigenvalue weighted by molar-refractivity contribution is 9.10. The van der Waals surface area contributed by atoms with Crippen LogP contribution in [0.2, 0.25) is 0 Å². The molecular weight excluding hydrogens is 302 g/mol. The van der Waals surface area contributed by atoms with Gasteiger partial charge in [-0.3, -0.25) is 0 Å². The molecule has 0 atom stereocenters. The number of halogens is 1. The molecule has 0 unspecified atom stereocenters. The van der Waals surface area contributed by atoms with E-state index in [4.69, 9.17) is 4.42 Å². The maximum absolute atomic E-state index is 5.89. The molecule has 1 aromatic heterocycles. The molecule has 1 heterocycles. The molecule has 0 aliphatic carbocycles. The predicted octanol–water partition coefficient (Wildman–Crippen LogP) is 4.83. The van der Waals surface area contributed by atoms with Gasteiger partial charge < -0.3 is 9.73 Å². The van der Waals surface area contributed by atoms with Crippen molar-refractivity contribution < 1.29 is 4.42 Å². The Morgan fingerprint density at radius 2 is 1.84 bits per heavy atom. The highest BCUT2D eigenvalue weighted by atomic mass is 79.9. The molecule has 102 valence electrons. The van der Waals surface area contributed by atoms with Crippen molar-refractivity contribution in [2.75, 3.05) is 6.54 Å². The Morgan fingerprint density at radius 1 is 1.16 bits per heavy atom. The first kappa shape index (κ1) is 14.4. The van der Waals surface area contributed by atoms with Gasteiger partial charge in [-0.25, -0.2) is 0 Å². The standard InChI is InChI=1S/C16H20BrNO/c1-4-7-18-10-14-5-6-15(19-14)13-8-11(2)16(17)12(3)9-13/h5-6,8-9,18H,4,7,10H2,1-3H3. The van der Waals surface area contributed by atoms with Crippen molar-refractivity contribution in [2.24, 2.45) is 0 Å². The largest absolute Gasteiger partial charge is 0.460 e. The maximum Gasteiger partial charge on any atom is 0.134 e. The molecule has 1 N–H and O–H groups in total. The van der Waals surface area contributed by atoms with Gasteiger partial charge in [0.15, 0.2) is 0 Å². The van der Waals surface area contributed by atoms with Gasteiger partial charge in [0.05, 0.1) is 6.54 Å². The first-order valence-corrected chi connectivity index (χ1v) is 7.47. The third kappa shape index (κ3) is 3.48. The van der Waals surface area contributed by atoms with E-state index in [2.05, 4.69) is 54.2 Å². The van der Waals surface area contributed by atoms with E-state index in [1.54, 1.807) is 0 Å². The summed E-state index contributed by atoms with van der Waals surface area (Å²) in [6.45, 7) is 8.18. The quantitative estimate of drug-likeness (QED) is 0.798. The van der Waals surface area contributed by atoms with E-state index >= 15 is 0 Å². The summed E-state index contributed by atoms with van der Waals surface area (Å²) in [6, 6.07) is 8.40. The van der Waals surface area contributed by atoms with Crippen molar-refractivity contribution >= 4 is 15.9 Å². The summed E-state index contributed by atoms with van der Waals surface area (Å²) < 4.78 is 7.06. The zero-order valence-corrected chi connectivity index (χ0v) is 13.3. The van der Waals surface area contributed by atoms with Crippen LogP contribution in [0.15, 0.2) is 33.2 Å². The molecule has 2 aromatic rings. The van der Waals surface area contributed by atoms with Gasteiger partial charge in [-0.2, -0.15) is 0 Å². The fourth-order valence-electron chi connectivity index (χ4n) is 2.10. The van der Waals surface area contributed by atoms with E-state index in [1.807, 2.05) is 12.1 Å². The normalized spacial score (nSPS) is 10.9. The van der Waals surface area contributed by atoms with Crippen LogP contribution in [0.5, 0.6) is 0 Å². The zero-order valence-electron chi connectivity index (χ0n) is 11.7. The van der Waals surface area contributed by atoms with Crippen molar-refractivity contribution in [3.05, 3.63) is 45.6 Å². The molecule has 0 saturated heterocycles. The van der Waals surface area contributed by atoms with Crippen LogP contribution in [-0.4, -0.2) is 6.54 Å². The van der Waals surface area contributed by atoms with E-state index < -0.39 is 0 Å². The summed E-state index contributed by atoms with van der Waals surface area (Å²) in [4.78, 5) is 0. The number of hydrogen-bond donors (Lipinski definition) is 1. The second-order valence-electron chi connectivity index (χ2n) is 4.87. The number of benzene rings is 1. The van der Waals surface area contributed by atoms with Gasteiger partial charge in [0.25, 0.3) is 0 Å². The van der Waals surface area contributed by atoms with Crippen LogP contribution < -0.4 is 5.32 Å². The van der Waals surface area contributed by atoms with E-state index in [9.17, 15) is 0 Å². The molecule has 3 heteroatoms. The first-order valence-electron chi connectivity index (χ1n) is 6.68. The summed E-state index contributed by atoms with van der Waals surface area (Å²) in [5.74, 6) is 1.92. The number of aryl methyl sites for hydroxylation is 2. The highest BCUT2D eigenvalue weighted by Crippen LogP contribution is 2.29. The second-order valence-corrected chi connectivity index (χ2v) is 5.66. The molecule has 0 aliphatic heterocycles. The Balaban J connectivity index is 2.18. The van der Waals surface area contributed by atoms with Crippen LogP contribution in [0.1, 0.15) is 30.2 Å². The van der Waals surface area contributed by atoms with Gasteiger partial charge in [0, 0.05) is 10.0 Å². The summed E-state index contributed by atoms with van der Waals surface area (Å²) in [5.41, 5.74) is 3.61. The Hall–Kier alpha value is -1.06. The van der Waals surface area contributed by atoms with E-state index in [0.717, 1.165) is 36.6 Å². The average Bonchev–Trinajstić information content (AvgIpc) is 2.84. The molecule has 0 fully saturated rings. The van der Waals surface area contributed by atoms with Gasteiger partial charge in [-0.05, 0) is 62.2 Å². The van der Waals surface area contributed by atoms with Crippen LogP contribution in [0, 0.1) is 13.8 Å². The molecule has 1 aromatic carbocycles. The molecule has 0 radical (unpaired) electrons. The number of nitrogens with one attached hydrogen (secondary N) is 1. The lowest BCUT2D eigenvalue weighted by Gasteiger charge is -2.06. The Morgan fingerprint density at radius 3 is 2.47 bits per heavy atom. The van der Waals surface area contributed by atoms with Crippen LogP contribution in [-0.2, 0) is 6.54 Å². The molecule has 2 nitrogen and oxygen atoms in total. The Bertz CT molecular complexity index is 537.